The number of carbonyl (C=O) groups is 1. The zero-order valence-electron chi connectivity index (χ0n) is 15.8. The predicted octanol–water partition coefficient (Wildman–Crippen LogP) is 5.49. The first-order valence-corrected chi connectivity index (χ1v) is 11.7. The summed E-state index contributed by atoms with van der Waals surface area (Å²) < 4.78 is 0.676. The van der Waals surface area contributed by atoms with Crippen molar-refractivity contribution >= 4 is 51.7 Å². The highest BCUT2D eigenvalue weighted by atomic mass is 32.2. The van der Waals surface area contributed by atoms with Crippen LogP contribution in [0.5, 0.6) is 0 Å². The van der Waals surface area contributed by atoms with E-state index >= 15 is 0 Å². The molecule has 2 heterocycles. The Morgan fingerprint density at radius 1 is 1.11 bits per heavy atom. The van der Waals surface area contributed by atoms with Crippen LogP contribution in [0.4, 0.5) is 5.69 Å². The first-order chi connectivity index (χ1) is 13.1. The first-order valence-electron chi connectivity index (χ1n) is 9.69. The van der Waals surface area contributed by atoms with Crippen LogP contribution in [0.1, 0.15) is 44.2 Å². The van der Waals surface area contributed by atoms with Crippen molar-refractivity contribution in [2.75, 3.05) is 18.0 Å². The van der Waals surface area contributed by atoms with Gasteiger partial charge in [0.25, 0.3) is 5.91 Å². The van der Waals surface area contributed by atoms with E-state index in [1.807, 2.05) is 17.8 Å². The van der Waals surface area contributed by atoms with Gasteiger partial charge in [0.2, 0.25) is 0 Å². The highest BCUT2D eigenvalue weighted by Gasteiger charge is 2.32. The molecule has 6 heteroatoms. The number of anilines is 1. The summed E-state index contributed by atoms with van der Waals surface area (Å²) in [6, 6.07) is 4.59. The number of thiocarbonyl (C=S) groups is 1. The number of thioether (sulfide) groups is 2. The summed E-state index contributed by atoms with van der Waals surface area (Å²) in [4.78, 5) is 18.8. The van der Waals surface area contributed by atoms with E-state index in [0.29, 0.717) is 10.9 Å². The minimum absolute atomic E-state index is 0.0460. The number of allylic oxidation sites excluding steroid dienone is 2. The normalized spacial score (nSPS) is 22.1. The van der Waals surface area contributed by atoms with Gasteiger partial charge < -0.3 is 4.90 Å². The minimum atomic E-state index is 0.0460. The van der Waals surface area contributed by atoms with Crippen LogP contribution in [-0.4, -0.2) is 28.2 Å². The molecular weight excluding hydrogens is 392 g/mol. The van der Waals surface area contributed by atoms with Crippen molar-refractivity contribution in [1.82, 2.24) is 4.90 Å². The van der Waals surface area contributed by atoms with Crippen LogP contribution in [0.15, 0.2) is 39.1 Å². The molecule has 0 spiro atoms. The number of amides is 1. The van der Waals surface area contributed by atoms with Crippen molar-refractivity contribution in [1.29, 1.82) is 0 Å². The molecule has 0 unspecified atom stereocenters. The molecule has 142 valence electrons. The van der Waals surface area contributed by atoms with Crippen LogP contribution in [0, 0.1) is 0 Å². The number of benzene rings is 1. The van der Waals surface area contributed by atoms with Gasteiger partial charge in [-0.1, -0.05) is 48.7 Å². The monoisotopic (exact) mass is 416 g/mol. The van der Waals surface area contributed by atoms with E-state index in [1.54, 1.807) is 10.5 Å². The molecular formula is C21H24N2OS3. The molecule has 0 bridgehead atoms. The van der Waals surface area contributed by atoms with Crippen molar-refractivity contribution in [2.45, 2.75) is 50.8 Å². The van der Waals surface area contributed by atoms with E-state index in [4.69, 9.17) is 12.2 Å². The standard InChI is InChI=1S/C21H24N2OS3/c1-3-13-23-20(24)17(26-21(23)25)11-12-18-22(4-2)16-10-9-14-7-5-6-8-15(14)19(16)27-18/h9-12H,3-8,13H2,1-2H3/b17-11-,18-12-. The molecule has 1 fully saturated rings. The largest absolute Gasteiger partial charge is 0.335 e. The molecule has 0 aromatic heterocycles. The number of carbonyl (C=O) groups excluding carboxylic acids is 1. The summed E-state index contributed by atoms with van der Waals surface area (Å²) in [5, 5.41) is 1.20. The molecule has 1 aliphatic carbocycles. The fourth-order valence-electron chi connectivity index (χ4n) is 3.91. The number of fused-ring (bicyclic) bond motifs is 3. The van der Waals surface area contributed by atoms with Crippen molar-refractivity contribution in [3.63, 3.8) is 0 Å². The molecule has 1 aromatic carbocycles. The number of hydrogen-bond acceptors (Lipinski definition) is 5. The highest BCUT2D eigenvalue weighted by molar-refractivity contribution is 8.26. The quantitative estimate of drug-likeness (QED) is 0.477. The highest BCUT2D eigenvalue weighted by Crippen LogP contribution is 2.50. The summed E-state index contributed by atoms with van der Waals surface area (Å²) in [6.45, 7) is 5.88. The maximum absolute atomic E-state index is 12.6. The van der Waals surface area contributed by atoms with Crippen molar-refractivity contribution in [2.24, 2.45) is 0 Å². The second kappa shape index (κ2) is 8.02. The maximum Gasteiger partial charge on any atom is 0.266 e. The zero-order chi connectivity index (χ0) is 19.0. The van der Waals surface area contributed by atoms with Gasteiger partial charge in [0.15, 0.2) is 0 Å². The third kappa shape index (κ3) is 3.47. The third-order valence-electron chi connectivity index (χ3n) is 5.24. The molecule has 1 saturated heterocycles. The molecule has 0 radical (unpaired) electrons. The molecule has 0 atom stereocenters. The van der Waals surface area contributed by atoms with Gasteiger partial charge in [-0.3, -0.25) is 9.69 Å². The van der Waals surface area contributed by atoms with Gasteiger partial charge >= 0.3 is 0 Å². The average molecular weight is 417 g/mol. The van der Waals surface area contributed by atoms with Crippen molar-refractivity contribution in [3.05, 3.63) is 45.3 Å². The van der Waals surface area contributed by atoms with Gasteiger partial charge in [-0.2, -0.15) is 0 Å². The summed E-state index contributed by atoms with van der Waals surface area (Å²) in [7, 11) is 0. The van der Waals surface area contributed by atoms with Crippen molar-refractivity contribution in [3.8, 4) is 0 Å². The summed E-state index contributed by atoms with van der Waals surface area (Å²) in [5.74, 6) is 0.0460. The molecule has 2 aliphatic heterocycles. The Morgan fingerprint density at radius 3 is 2.70 bits per heavy atom. The van der Waals surface area contributed by atoms with Gasteiger partial charge in [-0.15, -0.1) is 0 Å². The zero-order valence-corrected chi connectivity index (χ0v) is 18.2. The molecule has 0 saturated carbocycles. The van der Waals surface area contributed by atoms with E-state index < -0.39 is 0 Å². The molecule has 1 amide bonds. The number of nitrogens with zero attached hydrogens (tertiary/aromatic N) is 2. The number of aryl methyl sites for hydroxylation is 1. The molecule has 27 heavy (non-hydrogen) atoms. The van der Waals surface area contributed by atoms with E-state index in [0.717, 1.165) is 17.9 Å². The lowest BCUT2D eigenvalue weighted by Crippen LogP contribution is -2.28. The van der Waals surface area contributed by atoms with Gasteiger partial charge in [-0.05, 0) is 68.4 Å². The lowest BCUT2D eigenvalue weighted by atomic mass is 9.91. The lowest BCUT2D eigenvalue weighted by molar-refractivity contribution is -0.122. The fraction of sp³-hybridized carbons (Fsp3) is 0.429. The summed E-state index contributed by atoms with van der Waals surface area (Å²) >= 11 is 8.64. The Hall–Kier alpha value is -1.24. The van der Waals surface area contributed by atoms with Crippen LogP contribution in [0.3, 0.4) is 0 Å². The van der Waals surface area contributed by atoms with Crippen LogP contribution < -0.4 is 4.90 Å². The first kappa shape index (κ1) is 19.1. The maximum atomic E-state index is 12.6. The van der Waals surface area contributed by atoms with E-state index in [9.17, 15) is 4.79 Å². The topological polar surface area (TPSA) is 23.6 Å². The number of hydrogen-bond donors (Lipinski definition) is 0. The SMILES string of the molecule is CCCN1C(=O)/C(=C/C=C2\Sc3c(ccc4c3CCCC4)N2CC)SC1=S. The fourth-order valence-corrected chi connectivity index (χ4v) is 6.49. The van der Waals surface area contributed by atoms with Crippen LogP contribution >= 0.6 is 35.7 Å². The van der Waals surface area contributed by atoms with Crippen LogP contribution in [0.25, 0.3) is 0 Å². The summed E-state index contributed by atoms with van der Waals surface area (Å²) in [6.07, 6.45) is 9.95. The predicted molar refractivity (Wildman–Crippen MR) is 120 cm³/mol. The minimum Gasteiger partial charge on any atom is -0.335 e. The van der Waals surface area contributed by atoms with Gasteiger partial charge in [0, 0.05) is 18.0 Å². The second-order valence-corrected chi connectivity index (χ2v) is 9.67. The lowest BCUT2D eigenvalue weighted by Gasteiger charge is -2.21. The van der Waals surface area contributed by atoms with Crippen LogP contribution in [-0.2, 0) is 17.6 Å². The van der Waals surface area contributed by atoms with Crippen LogP contribution in [0.2, 0.25) is 0 Å². The van der Waals surface area contributed by atoms with Gasteiger partial charge in [0.05, 0.1) is 15.6 Å². The van der Waals surface area contributed by atoms with E-state index in [1.165, 1.54) is 58.6 Å². The van der Waals surface area contributed by atoms with E-state index in [2.05, 4.69) is 37.0 Å². The average Bonchev–Trinajstić information content (AvgIpc) is 3.18. The Bertz CT molecular complexity index is 859. The Labute approximate surface area is 175 Å². The Balaban J connectivity index is 1.63. The van der Waals surface area contributed by atoms with Crippen molar-refractivity contribution < 1.29 is 4.79 Å². The Kier molecular flexibility index (Phi) is 5.67. The summed E-state index contributed by atoms with van der Waals surface area (Å²) in [5.41, 5.74) is 4.38. The number of rotatable bonds is 4. The van der Waals surface area contributed by atoms with E-state index in [-0.39, 0.29) is 5.91 Å². The molecule has 1 aromatic rings. The molecule has 3 nitrogen and oxygen atoms in total. The Morgan fingerprint density at radius 2 is 1.93 bits per heavy atom. The molecule has 0 N–H and O–H groups in total. The molecule has 3 aliphatic rings. The smallest absolute Gasteiger partial charge is 0.266 e. The van der Waals surface area contributed by atoms with Gasteiger partial charge in [0.1, 0.15) is 4.32 Å². The molecule has 4 rings (SSSR count). The second-order valence-electron chi connectivity index (χ2n) is 6.97. The third-order valence-corrected chi connectivity index (χ3v) is 7.86. The van der Waals surface area contributed by atoms with Gasteiger partial charge in [-0.25, -0.2) is 0 Å².